The van der Waals surface area contributed by atoms with Gasteiger partial charge in [0.25, 0.3) is 0 Å². The quantitative estimate of drug-likeness (QED) is 0.503. The molecule has 0 radical (unpaired) electrons. The Morgan fingerprint density at radius 2 is 1.87 bits per heavy atom. The van der Waals surface area contributed by atoms with E-state index in [4.69, 9.17) is 0 Å². The summed E-state index contributed by atoms with van der Waals surface area (Å²) in [4.78, 5) is 23.9. The monoisotopic (exact) mass is 411 g/mol. The second-order valence-electron chi connectivity index (χ2n) is 8.47. The summed E-state index contributed by atoms with van der Waals surface area (Å²) in [5.41, 5.74) is 1.97. The fourth-order valence-electron chi connectivity index (χ4n) is 3.87. The number of nitro groups is 1. The molecule has 2 heterocycles. The Kier molecular flexibility index (Phi) is 5.98. The summed E-state index contributed by atoms with van der Waals surface area (Å²) < 4.78 is 0. The minimum Gasteiger partial charge on any atom is -0.372 e. The molecule has 1 aliphatic heterocycles. The van der Waals surface area contributed by atoms with E-state index in [0.717, 1.165) is 44.1 Å². The molecule has 1 aromatic heterocycles. The van der Waals surface area contributed by atoms with Crippen molar-refractivity contribution in [1.82, 2.24) is 14.9 Å². The smallest absolute Gasteiger partial charge is 0.329 e. The van der Waals surface area contributed by atoms with Gasteiger partial charge in [-0.3, -0.25) is 10.1 Å². The molecule has 0 bridgehead atoms. The number of hydrogen-bond donors (Lipinski definition) is 2. The van der Waals surface area contributed by atoms with E-state index in [1.807, 2.05) is 12.1 Å². The molecule has 0 unspecified atom stereocenters. The zero-order chi connectivity index (χ0) is 21.1. The molecule has 2 fully saturated rings. The Hall–Kier alpha value is -2.94. The largest absolute Gasteiger partial charge is 0.372 e. The molecule has 160 valence electrons. The number of nitrogens with zero attached hydrogens (tertiary/aromatic N) is 5. The van der Waals surface area contributed by atoms with Crippen molar-refractivity contribution in [2.24, 2.45) is 5.92 Å². The van der Waals surface area contributed by atoms with Crippen LogP contribution in [0.3, 0.4) is 0 Å². The van der Waals surface area contributed by atoms with Gasteiger partial charge in [-0.1, -0.05) is 0 Å². The third-order valence-electron chi connectivity index (χ3n) is 5.61. The zero-order valence-corrected chi connectivity index (χ0v) is 17.5. The van der Waals surface area contributed by atoms with E-state index in [1.165, 1.54) is 24.7 Å². The van der Waals surface area contributed by atoms with Gasteiger partial charge < -0.3 is 20.4 Å². The van der Waals surface area contributed by atoms with Crippen molar-refractivity contribution in [2.45, 2.75) is 31.7 Å². The fourth-order valence-corrected chi connectivity index (χ4v) is 3.87. The Morgan fingerprint density at radius 3 is 2.47 bits per heavy atom. The van der Waals surface area contributed by atoms with Crippen LogP contribution in [0, 0.1) is 16.0 Å². The lowest BCUT2D eigenvalue weighted by Crippen LogP contribution is -2.37. The van der Waals surface area contributed by atoms with Crippen LogP contribution in [-0.2, 0) is 0 Å². The Morgan fingerprint density at radius 1 is 1.17 bits per heavy atom. The summed E-state index contributed by atoms with van der Waals surface area (Å²) in [5, 5.41) is 17.5. The first-order valence-corrected chi connectivity index (χ1v) is 10.5. The van der Waals surface area contributed by atoms with E-state index in [0.29, 0.717) is 5.95 Å². The van der Waals surface area contributed by atoms with E-state index in [-0.39, 0.29) is 17.5 Å². The van der Waals surface area contributed by atoms with Crippen LogP contribution in [0.1, 0.15) is 25.7 Å². The van der Waals surface area contributed by atoms with Crippen LogP contribution in [0.25, 0.3) is 0 Å². The molecule has 30 heavy (non-hydrogen) atoms. The number of anilines is 4. The highest BCUT2D eigenvalue weighted by Gasteiger charge is 2.26. The molecule has 2 N–H and O–H groups in total. The number of aromatic nitrogens is 2. The van der Waals surface area contributed by atoms with Crippen LogP contribution in [0.2, 0.25) is 0 Å². The van der Waals surface area contributed by atoms with Gasteiger partial charge in [-0.05, 0) is 70.0 Å². The summed E-state index contributed by atoms with van der Waals surface area (Å²) in [7, 11) is 4.27. The Bertz CT molecular complexity index is 875. The van der Waals surface area contributed by atoms with Gasteiger partial charge in [-0.2, -0.15) is 4.98 Å². The lowest BCUT2D eigenvalue weighted by Gasteiger charge is -2.34. The van der Waals surface area contributed by atoms with Crippen molar-refractivity contribution in [3.8, 4) is 0 Å². The van der Waals surface area contributed by atoms with Crippen LogP contribution in [0.5, 0.6) is 0 Å². The fraction of sp³-hybridized carbons (Fsp3) is 0.524. The van der Waals surface area contributed by atoms with Crippen molar-refractivity contribution in [1.29, 1.82) is 0 Å². The predicted molar refractivity (Wildman–Crippen MR) is 119 cm³/mol. The molecule has 0 atom stereocenters. The molecular formula is C21H29N7O2. The highest BCUT2D eigenvalue weighted by molar-refractivity contribution is 5.63. The topological polar surface area (TPSA) is 99.5 Å². The Balaban J connectivity index is 1.38. The van der Waals surface area contributed by atoms with Crippen molar-refractivity contribution < 1.29 is 4.92 Å². The van der Waals surface area contributed by atoms with Crippen LogP contribution in [-0.4, -0.2) is 59.6 Å². The number of hydrogen-bond acceptors (Lipinski definition) is 8. The standard InChI is InChI=1S/C21H29N7O2/c1-26(2)14-15-9-11-27(12-10-15)18-7-5-17(6-8-18)24-21-22-13-19(28(29)30)20(25-21)23-16-3-4-16/h5-8,13,15-16H,3-4,9-12,14H2,1-2H3,(H2,22,23,24,25). The summed E-state index contributed by atoms with van der Waals surface area (Å²) in [6.07, 6.45) is 5.71. The van der Waals surface area contributed by atoms with Crippen molar-refractivity contribution in [3.05, 3.63) is 40.6 Å². The normalized spacial score (nSPS) is 17.2. The lowest BCUT2D eigenvalue weighted by atomic mass is 9.96. The van der Waals surface area contributed by atoms with Gasteiger partial charge in [0.1, 0.15) is 6.20 Å². The van der Waals surface area contributed by atoms with E-state index in [2.05, 4.69) is 56.6 Å². The molecule has 2 aliphatic rings. The summed E-state index contributed by atoms with van der Waals surface area (Å²) >= 11 is 0. The van der Waals surface area contributed by atoms with Gasteiger partial charge >= 0.3 is 5.69 Å². The molecule has 1 saturated carbocycles. The molecule has 9 heteroatoms. The second kappa shape index (κ2) is 8.83. The number of nitrogens with one attached hydrogen (secondary N) is 2. The van der Waals surface area contributed by atoms with Gasteiger partial charge in [0, 0.05) is 37.1 Å². The highest BCUT2D eigenvalue weighted by Crippen LogP contribution is 2.30. The van der Waals surface area contributed by atoms with E-state index in [1.54, 1.807) is 0 Å². The predicted octanol–water partition coefficient (Wildman–Crippen LogP) is 3.48. The average molecular weight is 412 g/mol. The molecular weight excluding hydrogens is 382 g/mol. The maximum atomic E-state index is 11.2. The molecule has 1 aliphatic carbocycles. The van der Waals surface area contributed by atoms with E-state index in [9.17, 15) is 10.1 Å². The maximum absolute atomic E-state index is 11.2. The average Bonchev–Trinajstić information content (AvgIpc) is 3.53. The minimum atomic E-state index is -0.453. The Labute approximate surface area is 176 Å². The summed E-state index contributed by atoms with van der Waals surface area (Å²) in [6.45, 7) is 3.31. The van der Waals surface area contributed by atoms with E-state index >= 15 is 0 Å². The number of benzene rings is 1. The minimum absolute atomic E-state index is 0.0968. The lowest BCUT2D eigenvalue weighted by molar-refractivity contribution is -0.384. The van der Waals surface area contributed by atoms with E-state index < -0.39 is 4.92 Å². The van der Waals surface area contributed by atoms with Gasteiger partial charge in [0.15, 0.2) is 0 Å². The molecule has 0 spiro atoms. The SMILES string of the molecule is CN(C)CC1CCN(c2ccc(Nc3ncc([N+](=O)[O-])c(NC4CC4)n3)cc2)CC1. The first kappa shape index (κ1) is 20.3. The third-order valence-corrected chi connectivity index (χ3v) is 5.61. The maximum Gasteiger partial charge on any atom is 0.329 e. The molecule has 0 amide bonds. The number of rotatable bonds is 8. The first-order valence-electron chi connectivity index (χ1n) is 10.5. The second-order valence-corrected chi connectivity index (χ2v) is 8.47. The molecule has 2 aromatic rings. The zero-order valence-electron chi connectivity index (χ0n) is 17.5. The van der Waals surface area contributed by atoms with Gasteiger partial charge in [0.05, 0.1) is 4.92 Å². The molecule has 9 nitrogen and oxygen atoms in total. The van der Waals surface area contributed by atoms with Crippen LogP contribution in [0.4, 0.5) is 28.8 Å². The first-order chi connectivity index (χ1) is 14.5. The molecule has 1 saturated heterocycles. The van der Waals surface area contributed by atoms with Crippen LogP contribution >= 0.6 is 0 Å². The third kappa shape index (κ3) is 5.15. The van der Waals surface area contributed by atoms with Crippen LogP contribution in [0.15, 0.2) is 30.5 Å². The molecule has 4 rings (SSSR count). The highest BCUT2D eigenvalue weighted by atomic mass is 16.6. The summed E-state index contributed by atoms with van der Waals surface area (Å²) in [5.74, 6) is 1.40. The molecule has 1 aromatic carbocycles. The van der Waals surface area contributed by atoms with Crippen molar-refractivity contribution in [3.63, 3.8) is 0 Å². The van der Waals surface area contributed by atoms with Crippen molar-refractivity contribution >= 4 is 28.8 Å². The number of piperidine rings is 1. The van der Waals surface area contributed by atoms with Gasteiger partial charge in [-0.25, -0.2) is 4.98 Å². The van der Waals surface area contributed by atoms with Gasteiger partial charge in [0.2, 0.25) is 11.8 Å². The van der Waals surface area contributed by atoms with Crippen molar-refractivity contribution in [2.75, 3.05) is 49.3 Å². The van der Waals surface area contributed by atoms with Gasteiger partial charge in [-0.15, -0.1) is 0 Å². The van der Waals surface area contributed by atoms with Crippen LogP contribution < -0.4 is 15.5 Å². The summed E-state index contributed by atoms with van der Waals surface area (Å²) in [6, 6.07) is 8.47.